The van der Waals surface area contributed by atoms with Crippen LogP contribution < -0.4 is 4.72 Å². The standard InChI is InChI=1S/C13H11N3O2S/c1-10-4-2-3-5-13(10)16-19(17,18)12-7-6-11(8-14)15-9-12/h2-7,9,16H,1H3. The molecule has 5 nitrogen and oxygen atoms in total. The van der Waals surface area contributed by atoms with Crippen molar-refractivity contribution in [3.8, 4) is 6.07 Å². The number of aryl methyl sites for hydroxylation is 1. The Bertz CT molecular complexity index is 731. The van der Waals surface area contributed by atoms with E-state index < -0.39 is 10.0 Å². The van der Waals surface area contributed by atoms with Crippen LogP contribution in [0.3, 0.4) is 0 Å². The Labute approximate surface area is 111 Å². The number of aromatic nitrogens is 1. The predicted octanol–water partition coefficient (Wildman–Crippen LogP) is 2.06. The van der Waals surface area contributed by atoms with E-state index in [1.165, 1.54) is 18.3 Å². The second-order valence-electron chi connectivity index (χ2n) is 3.91. The first-order valence-electron chi connectivity index (χ1n) is 5.47. The van der Waals surface area contributed by atoms with Gasteiger partial charge in [-0.1, -0.05) is 18.2 Å². The third-order valence-electron chi connectivity index (χ3n) is 2.55. The normalized spacial score (nSPS) is 10.7. The van der Waals surface area contributed by atoms with Gasteiger partial charge in [0.05, 0.1) is 5.69 Å². The molecule has 0 aliphatic rings. The largest absolute Gasteiger partial charge is 0.279 e. The number of hydrogen-bond acceptors (Lipinski definition) is 4. The van der Waals surface area contributed by atoms with Crippen LogP contribution in [0.15, 0.2) is 47.5 Å². The number of nitrogens with one attached hydrogen (secondary N) is 1. The number of anilines is 1. The quantitative estimate of drug-likeness (QED) is 0.927. The highest BCUT2D eigenvalue weighted by Crippen LogP contribution is 2.18. The highest BCUT2D eigenvalue weighted by molar-refractivity contribution is 7.92. The van der Waals surface area contributed by atoms with E-state index in [1.54, 1.807) is 12.1 Å². The van der Waals surface area contributed by atoms with E-state index in [1.807, 2.05) is 25.1 Å². The summed E-state index contributed by atoms with van der Waals surface area (Å²) < 4.78 is 26.7. The van der Waals surface area contributed by atoms with Crippen LogP contribution in [0.4, 0.5) is 5.69 Å². The number of nitriles is 1. The molecular weight excluding hydrogens is 262 g/mol. The molecule has 6 heteroatoms. The minimum Gasteiger partial charge on any atom is -0.279 e. The molecule has 96 valence electrons. The zero-order chi connectivity index (χ0) is 13.9. The van der Waals surface area contributed by atoms with E-state index in [0.29, 0.717) is 5.69 Å². The van der Waals surface area contributed by atoms with Crippen molar-refractivity contribution in [3.05, 3.63) is 53.9 Å². The summed E-state index contributed by atoms with van der Waals surface area (Å²) in [6.45, 7) is 1.81. The fraction of sp³-hybridized carbons (Fsp3) is 0.0769. The van der Waals surface area contributed by atoms with Gasteiger partial charge in [0, 0.05) is 6.20 Å². The molecule has 19 heavy (non-hydrogen) atoms. The van der Waals surface area contributed by atoms with Crippen LogP contribution in [-0.2, 0) is 10.0 Å². The van der Waals surface area contributed by atoms with E-state index >= 15 is 0 Å². The zero-order valence-electron chi connectivity index (χ0n) is 10.2. The van der Waals surface area contributed by atoms with Crippen molar-refractivity contribution in [2.45, 2.75) is 11.8 Å². The molecule has 0 saturated carbocycles. The lowest BCUT2D eigenvalue weighted by molar-refractivity contribution is 0.600. The number of sulfonamides is 1. The van der Waals surface area contributed by atoms with Gasteiger partial charge in [0.1, 0.15) is 16.7 Å². The molecule has 0 amide bonds. The van der Waals surface area contributed by atoms with Crippen LogP contribution in [0, 0.1) is 18.3 Å². The number of pyridine rings is 1. The summed E-state index contributed by atoms with van der Waals surface area (Å²) in [4.78, 5) is 3.77. The first kappa shape index (κ1) is 13.1. The van der Waals surface area contributed by atoms with Gasteiger partial charge in [-0.25, -0.2) is 13.4 Å². The predicted molar refractivity (Wildman–Crippen MR) is 70.9 cm³/mol. The van der Waals surface area contributed by atoms with E-state index in [-0.39, 0.29) is 10.6 Å². The maximum Gasteiger partial charge on any atom is 0.263 e. The molecule has 1 N–H and O–H groups in total. The van der Waals surface area contributed by atoms with Gasteiger partial charge >= 0.3 is 0 Å². The number of benzene rings is 1. The maximum absolute atomic E-state index is 12.1. The van der Waals surface area contributed by atoms with Crippen LogP contribution >= 0.6 is 0 Å². The van der Waals surface area contributed by atoms with E-state index in [9.17, 15) is 8.42 Å². The van der Waals surface area contributed by atoms with Crippen molar-refractivity contribution in [2.24, 2.45) is 0 Å². The second kappa shape index (κ2) is 5.08. The molecule has 0 spiro atoms. The Morgan fingerprint density at radius 3 is 2.53 bits per heavy atom. The third kappa shape index (κ3) is 2.89. The van der Waals surface area contributed by atoms with E-state index in [0.717, 1.165) is 5.56 Å². The lowest BCUT2D eigenvalue weighted by Gasteiger charge is -2.09. The first-order valence-corrected chi connectivity index (χ1v) is 6.96. The molecule has 1 heterocycles. The minimum atomic E-state index is -3.68. The lowest BCUT2D eigenvalue weighted by atomic mass is 10.2. The maximum atomic E-state index is 12.1. The van der Waals surface area contributed by atoms with Crippen molar-refractivity contribution in [1.82, 2.24) is 4.98 Å². The van der Waals surface area contributed by atoms with Crippen molar-refractivity contribution in [1.29, 1.82) is 5.26 Å². The fourth-order valence-corrected chi connectivity index (χ4v) is 2.57. The van der Waals surface area contributed by atoms with E-state index in [2.05, 4.69) is 9.71 Å². The summed E-state index contributed by atoms with van der Waals surface area (Å²) in [5.41, 5.74) is 1.52. The first-order chi connectivity index (χ1) is 9.03. The summed E-state index contributed by atoms with van der Waals surface area (Å²) in [5.74, 6) is 0. The molecule has 0 fully saturated rings. The van der Waals surface area contributed by atoms with Gasteiger partial charge in [-0.3, -0.25) is 4.72 Å². The van der Waals surface area contributed by atoms with Crippen molar-refractivity contribution in [2.75, 3.05) is 4.72 Å². The number of rotatable bonds is 3. The lowest BCUT2D eigenvalue weighted by Crippen LogP contribution is -2.14. The molecule has 0 unspecified atom stereocenters. The average Bonchev–Trinajstić information content (AvgIpc) is 2.41. The molecule has 2 aromatic rings. The molecule has 0 aliphatic carbocycles. The van der Waals surface area contributed by atoms with Gasteiger partial charge in [-0.05, 0) is 30.7 Å². The van der Waals surface area contributed by atoms with E-state index in [4.69, 9.17) is 5.26 Å². The zero-order valence-corrected chi connectivity index (χ0v) is 11.0. The Balaban J connectivity index is 2.33. The molecular formula is C13H11N3O2S. The molecule has 0 atom stereocenters. The summed E-state index contributed by atoms with van der Waals surface area (Å²) in [6.07, 6.45) is 1.17. The Morgan fingerprint density at radius 1 is 1.21 bits per heavy atom. The third-order valence-corrected chi connectivity index (χ3v) is 3.90. The highest BCUT2D eigenvalue weighted by atomic mass is 32.2. The van der Waals surface area contributed by atoms with Crippen molar-refractivity contribution < 1.29 is 8.42 Å². The molecule has 2 rings (SSSR count). The van der Waals surface area contributed by atoms with Gasteiger partial charge in [-0.15, -0.1) is 0 Å². The summed E-state index contributed by atoms with van der Waals surface area (Å²) in [6, 6.07) is 11.6. The molecule has 0 saturated heterocycles. The SMILES string of the molecule is Cc1ccccc1NS(=O)(=O)c1ccc(C#N)nc1. The molecule has 1 aromatic heterocycles. The Morgan fingerprint density at radius 2 is 1.95 bits per heavy atom. The summed E-state index contributed by atoms with van der Waals surface area (Å²) >= 11 is 0. The van der Waals surface area contributed by atoms with Gasteiger partial charge in [-0.2, -0.15) is 5.26 Å². The van der Waals surface area contributed by atoms with Crippen LogP contribution in [0.1, 0.15) is 11.3 Å². The van der Waals surface area contributed by atoms with Crippen molar-refractivity contribution in [3.63, 3.8) is 0 Å². The fourth-order valence-electron chi connectivity index (χ4n) is 1.50. The molecule has 1 aromatic carbocycles. The van der Waals surface area contributed by atoms with Gasteiger partial charge in [0.2, 0.25) is 0 Å². The second-order valence-corrected chi connectivity index (χ2v) is 5.59. The minimum absolute atomic E-state index is 0.0229. The molecule has 0 radical (unpaired) electrons. The highest BCUT2D eigenvalue weighted by Gasteiger charge is 2.15. The summed E-state index contributed by atoms with van der Waals surface area (Å²) in [7, 11) is -3.68. The number of para-hydroxylation sites is 1. The topological polar surface area (TPSA) is 82.9 Å². The Hall–Kier alpha value is -2.39. The molecule has 0 aliphatic heterocycles. The van der Waals surface area contributed by atoms with Crippen molar-refractivity contribution >= 4 is 15.7 Å². The monoisotopic (exact) mass is 273 g/mol. The number of hydrogen-bond donors (Lipinski definition) is 1. The summed E-state index contributed by atoms with van der Waals surface area (Å²) in [5, 5.41) is 8.63. The number of nitrogens with zero attached hydrogens (tertiary/aromatic N) is 2. The van der Waals surface area contributed by atoms with Gasteiger partial charge < -0.3 is 0 Å². The van der Waals surface area contributed by atoms with Gasteiger partial charge in [0.15, 0.2) is 0 Å². The van der Waals surface area contributed by atoms with Gasteiger partial charge in [0.25, 0.3) is 10.0 Å². The smallest absolute Gasteiger partial charge is 0.263 e. The van der Waals surface area contributed by atoms with Crippen LogP contribution in [-0.4, -0.2) is 13.4 Å². The van der Waals surface area contributed by atoms with Crippen LogP contribution in [0.25, 0.3) is 0 Å². The average molecular weight is 273 g/mol. The van der Waals surface area contributed by atoms with Crippen LogP contribution in [0.5, 0.6) is 0 Å². The molecule has 0 bridgehead atoms. The van der Waals surface area contributed by atoms with Crippen LogP contribution in [0.2, 0.25) is 0 Å². The Kier molecular flexibility index (Phi) is 3.49.